The maximum Gasteiger partial charge on any atom is 0.265 e. The van der Waals surface area contributed by atoms with Crippen LogP contribution >= 0.6 is 0 Å². The molecule has 1 heterocycles. The highest BCUT2D eigenvalue weighted by Gasteiger charge is 2.30. The van der Waals surface area contributed by atoms with Crippen LogP contribution in [0.25, 0.3) is 0 Å². The van der Waals surface area contributed by atoms with Gasteiger partial charge in [0, 0.05) is 24.8 Å². The van der Waals surface area contributed by atoms with Crippen molar-refractivity contribution < 1.29 is 32.2 Å². The number of carbonyl (C=O) groups excluding carboxylic acids is 1. The van der Waals surface area contributed by atoms with Crippen molar-refractivity contribution in [1.29, 1.82) is 0 Å². The molecular formula is C22H28N2O7S. The number of hydrogen-bond donors (Lipinski definition) is 1. The van der Waals surface area contributed by atoms with Crippen molar-refractivity contribution >= 4 is 21.6 Å². The molecule has 3 rings (SSSR count). The van der Waals surface area contributed by atoms with E-state index >= 15 is 0 Å². The lowest BCUT2D eigenvalue weighted by Gasteiger charge is -2.27. The maximum absolute atomic E-state index is 13.1. The van der Waals surface area contributed by atoms with E-state index in [4.69, 9.17) is 18.9 Å². The molecule has 0 aliphatic carbocycles. The molecule has 1 fully saturated rings. The third-order valence-electron chi connectivity index (χ3n) is 5.00. The summed E-state index contributed by atoms with van der Waals surface area (Å²) < 4.78 is 49.1. The quantitative estimate of drug-likeness (QED) is 0.608. The van der Waals surface area contributed by atoms with Gasteiger partial charge >= 0.3 is 0 Å². The first-order valence-electron chi connectivity index (χ1n) is 10.3. The molecule has 10 heteroatoms. The summed E-state index contributed by atoms with van der Waals surface area (Å²) in [5, 5.41) is 2.75. The Morgan fingerprint density at radius 2 is 1.81 bits per heavy atom. The van der Waals surface area contributed by atoms with Crippen molar-refractivity contribution in [2.45, 2.75) is 24.3 Å². The number of hydrogen-bond acceptors (Lipinski definition) is 7. The molecule has 174 valence electrons. The Morgan fingerprint density at radius 1 is 1.09 bits per heavy atom. The lowest BCUT2D eigenvalue weighted by molar-refractivity contribution is -0.122. The number of amides is 1. The Kier molecular flexibility index (Phi) is 7.94. The number of carbonyl (C=O) groups is 1. The number of sulfonamides is 1. The van der Waals surface area contributed by atoms with Crippen LogP contribution in [0.15, 0.2) is 47.4 Å². The van der Waals surface area contributed by atoms with Crippen LogP contribution in [0.1, 0.15) is 13.3 Å². The summed E-state index contributed by atoms with van der Waals surface area (Å²) in [6, 6.07) is 11.5. The highest BCUT2D eigenvalue weighted by molar-refractivity contribution is 7.89. The fraction of sp³-hybridized carbons (Fsp3) is 0.409. The Bertz CT molecular complexity index is 1040. The minimum atomic E-state index is -3.81. The molecular weight excluding hydrogens is 436 g/mol. The molecule has 1 saturated heterocycles. The SMILES string of the molecule is CC[C@@H](Oc1cccc(OC)c1)C(=O)Nc1ccc(OC)c(S(=O)(=O)N2CCOCC2)c1. The standard InChI is InChI=1S/C22H28N2O7S/c1-4-19(31-18-7-5-6-17(15-18)28-2)22(25)23-16-8-9-20(29-3)21(14-16)32(26,27)24-10-12-30-13-11-24/h5-9,14-15,19H,4,10-13H2,1-3H3,(H,23,25)/t19-/m1/s1. The third kappa shape index (κ3) is 5.50. The van der Waals surface area contributed by atoms with Crippen molar-refractivity contribution in [2.75, 3.05) is 45.8 Å². The van der Waals surface area contributed by atoms with Crippen LogP contribution in [0.5, 0.6) is 17.2 Å². The van der Waals surface area contributed by atoms with Crippen LogP contribution < -0.4 is 19.5 Å². The molecule has 0 saturated carbocycles. The highest BCUT2D eigenvalue weighted by Crippen LogP contribution is 2.30. The fourth-order valence-corrected chi connectivity index (χ4v) is 4.86. The highest BCUT2D eigenvalue weighted by atomic mass is 32.2. The van der Waals surface area contributed by atoms with Gasteiger partial charge in [0.1, 0.15) is 22.1 Å². The van der Waals surface area contributed by atoms with Crippen molar-refractivity contribution in [3.8, 4) is 17.2 Å². The third-order valence-corrected chi connectivity index (χ3v) is 6.92. The molecule has 2 aromatic rings. The zero-order valence-corrected chi connectivity index (χ0v) is 19.2. The largest absolute Gasteiger partial charge is 0.497 e. The minimum Gasteiger partial charge on any atom is -0.497 e. The van der Waals surface area contributed by atoms with Gasteiger partial charge in [-0.15, -0.1) is 0 Å². The van der Waals surface area contributed by atoms with E-state index < -0.39 is 22.0 Å². The van der Waals surface area contributed by atoms with Gasteiger partial charge in [-0.1, -0.05) is 13.0 Å². The second-order valence-electron chi connectivity index (χ2n) is 7.07. The van der Waals surface area contributed by atoms with Gasteiger partial charge in [0.25, 0.3) is 5.91 Å². The van der Waals surface area contributed by atoms with Crippen LogP contribution in [0, 0.1) is 0 Å². The summed E-state index contributed by atoms with van der Waals surface area (Å²) in [7, 11) is -0.859. The lowest BCUT2D eigenvalue weighted by Crippen LogP contribution is -2.40. The molecule has 0 radical (unpaired) electrons. The van der Waals surface area contributed by atoms with E-state index in [-0.39, 0.29) is 23.7 Å². The second-order valence-corrected chi connectivity index (χ2v) is 8.97. The van der Waals surface area contributed by atoms with Gasteiger partial charge in [-0.25, -0.2) is 8.42 Å². The Labute approximate surface area is 188 Å². The second kappa shape index (κ2) is 10.7. The summed E-state index contributed by atoms with van der Waals surface area (Å²) in [4.78, 5) is 12.8. The monoisotopic (exact) mass is 464 g/mol. The molecule has 2 aromatic carbocycles. The predicted octanol–water partition coefficient (Wildman–Crippen LogP) is 2.52. The van der Waals surface area contributed by atoms with Crippen molar-refractivity contribution in [1.82, 2.24) is 4.31 Å². The molecule has 1 atom stereocenters. The Hall–Kier alpha value is -2.82. The molecule has 1 aliphatic heterocycles. The van der Waals surface area contributed by atoms with Gasteiger partial charge in [-0.2, -0.15) is 4.31 Å². The van der Waals surface area contributed by atoms with E-state index in [2.05, 4.69) is 5.32 Å². The van der Waals surface area contributed by atoms with E-state index in [1.807, 2.05) is 6.92 Å². The predicted molar refractivity (Wildman–Crippen MR) is 119 cm³/mol. The zero-order valence-electron chi connectivity index (χ0n) is 18.4. The topological polar surface area (TPSA) is 103 Å². The Morgan fingerprint density at radius 3 is 2.47 bits per heavy atom. The molecule has 32 heavy (non-hydrogen) atoms. The summed E-state index contributed by atoms with van der Waals surface area (Å²) in [5.74, 6) is 0.923. The first-order valence-corrected chi connectivity index (χ1v) is 11.7. The summed E-state index contributed by atoms with van der Waals surface area (Å²) in [6.45, 7) is 3.00. The average molecular weight is 465 g/mol. The van der Waals surface area contributed by atoms with Crippen LogP contribution in [0.2, 0.25) is 0 Å². The fourth-order valence-electron chi connectivity index (χ4n) is 3.27. The molecule has 0 unspecified atom stereocenters. The van der Waals surface area contributed by atoms with Crippen LogP contribution in [-0.4, -0.2) is 65.3 Å². The van der Waals surface area contributed by atoms with Gasteiger partial charge in [0.15, 0.2) is 6.10 Å². The summed E-state index contributed by atoms with van der Waals surface area (Å²) >= 11 is 0. The first-order chi connectivity index (χ1) is 15.4. The summed E-state index contributed by atoms with van der Waals surface area (Å²) in [6.07, 6.45) is -0.360. The van der Waals surface area contributed by atoms with E-state index in [9.17, 15) is 13.2 Å². The minimum absolute atomic E-state index is 0.0125. The van der Waals surface area contributed by atoms with Crippen LogP contribution in [0.3, 0.4) is 0 Å². The van der Waals surface area contributed by atoms with Gasteiger partial charge in [-0.05, 0) is 36.8 Å². The van der Waals surface area contributed by atoms with Crippen LogP contribution in [-0.2, 0) is 19.6 Å². The van der Waals surface area contributed by atoms with E-state index in [0.717, 1.165) is 0 Å². The smallest absolute Gasteiger partial charge is 0.265 e. The number of nitrogens with one attached hydrogen (secondary N) is 1. The van der Waals surface area contributed by atoms with Gasteiger partial charge in [-0.3, -0.25) is 4.79 Å². The maximum atomic E-state index is 13.1. The number of rotatable bonds is 9. The Balaban J connectivity index is 1.80. The van der Waals surface area contributed by atoms with Crippen molar-refractivity contribution in [3.05, 3.63) is 42.5 Å². The molecule has 1 amide bonds. The van der Waals surface area contributed by atoms with Crippen LogP contribution in [0.4, 0.5) is 5.69 Å². The normalized spacial score (nSPS) is 15.6. The lowest BCUT2D eigenvalue weighted by atomic mass is 10.2. The molecule has 0 aromatic heterocycles. The number of morpholine rings is 1. The number of methoxy groups -OCH3 is 2. The van der Waals surface area contributed by atoms with E-state index in [1.165, 1.54) is 23.5 Å². The average Bonchev–Trinajstić information content (AvgIpc) is 2.83. The number of ether oxygens (including phenoxy) is 4. The van der Waals surface area contributed by atoms with E-state index in [1.54, 1.807) is 37.4 Å². The molecule has 0 bridgehead atoms. The van der Waals surface area contributed by atoms with Gasteiger partial charge in [0.2, 0.25) is 10.0 Å². The van der Waals surface area contributed by atoms with Crippen molar-refractivity contribution in [2.24, 2.45) is 0 Å². The first kappa shape index (κ1) is 23.8. The molecule has 1 aliphatic rings. The van der Waals surface area contributed by atoms with Gasteiger partial charge in [0.05, 0.1) is 27.4 Å². The molecule has 0 spiro atoms. The zero-order chi connectivity index (χ0) is 23.1. The number of benzene rings is 2. The molecule has 1 N–H and O–H groups in total. The molecule has 9 nitrogen and oxygen atoms in total. The van der Waals surface area contributed by atoms with E-state index in [0.29, 0.717) is 36.8 Å². The number of anilines is 1. The van der Waals surface area contributed by atoms with Gasteiger partial charge < -0.3 is 24.3 Å². The number of nitrogens with zero attached hydrogens (tertiary/aromatic N) is 1. The summed E-state index contributed by atoms with van der Waals surface area (Å²) in [5.41, 5.74) is 0.329. The van der Waals surface area contributed by atoms with Crippen molar-refractivity contribution in [3.63, 3.8) is 0 Å².